The van der Waals surface area contributed by atoms with Gasteiger partial charge in [-0.3, -0.25) is 0 Å². The molecule has 2 atom stereocenters. The second kappa shape index (κ2) is 4.38. The Morgan fingerprint density at radius 1 is 1.17 bits per heavy atom. The summed E-state index contributed by atoms with van der Waals surface area (Å²) in [5.74, 6) is 0.765. The molecule has 0 aliphatic heterocycles. The lowest BCUT2D eigenvalue weighted by Crippen LogP contribution is -2.47. The molecule has 0 radical (unpaired) electrons. The molecule has 0 bridgehead atoms. The number of nitrogens with two attached hydrogens (primary N) is 1. The van der Waals surface area contributed by atoms with Crippen molar-refractivity contribution >= 4 is 0 Å². The van der Waals surface area contributed by atoms with E-state index in [9.17, 15) is 0 Å². The summed E-state index contributed by atoms with van der Waals surface area (Å²) >= 11 is 0. The predicted molar refractivity (Wildman–Crippen MR) is 76.5 cm³/mol. The molecule has 1 aromatic carbocycles. The average molecular weight is 243 g/mol. The number of benzene rings is 1. The molecule has 98 valence electrons. The van der Waals surface area contributed by atoms with E-state index in [2.05, 4.69) is 37.3 Å². The van der Waals surface area contributed by atoms with Gasteiger partial charge >= 0.3 is 0 Å². The zero-order chi connectivity index (χ0) is 12.6. The minimum absolute atomic E-state index is 0.0981. The third kappa shape index (κ3) is 1.64. The molecular formula is C17H25N. The normalized spacial score (nSPS) is 33.6. The molecule has 0 saturated heterocycles. The van der Waals surface area contributed by atoms with Crippen molar-refractivity contribution in [2.75, 3.05) is 0 Å². The van der Waals surface area contributed by atoms with Crippen LogP contribution in [0.3, 0.4) is 0 Å². The first kappa shape index (κ1) is 12.2. The van der Waals surface area contributed by atoms with Crippen LogP contribution in [0.4, 0.5) is 0 Å². The number of hydrogen-bond donors (Lipinski definition) is 1. The molecule has 2 saturated carbocycles. The Labute approximate surface area is 111 Å². The molecule has 0 heterocycles. The van der Waals surface area contributed by atoms with Crippen LogP contribution in [0.25, 0.3) is 0 Å². The lowest BCUT2D eigenvalue weighted by atomic mass is 9.70. The highest BCUT2D eigenvalue weighted by Crippen LogP contribution is 2.62. The van der Waals surface area contributed by atoms with Gasteiger partial charge in [0.15, 0.2) is 0 Å². The Balaban J connectivity index is 1.94. The zero-order valence-corrected chi connectivity index (χ0v) is 11.5. The first-order valence-electron chi connectivity index (χ1n) is 7.57. The van der Waals surface area contributed by atoms with Crippen molar-refractivity contribution < 1.29 is 0 Å². The SMILES string of the molecule is CCCC1CC1(N)C1(c2ccccc2)CCCC1. The minimum Gasteiger partial charge on any atom is -0.324 e. The van der Waals surface area contributed by atoms with Gasteiger partial charge in [0.1, 0.15) is 0 Å². The Morgan fingerprint density at radius 2 is 1.83 bits per heavy atom. The topological polar surface area (TPSA) is 26.0 Å². The minimum atomic E-state index is 0.0981. The van der Waals surface area contributed by atoms with E-state index in [-0.39, 0.29) is 11.0 Å². The van der Waals surface area contributed by atoms with Crippen molar-refractivity contribution in [2.45, 2.75) is 62.8 Å². The summed E-state index contributed by atoms with van der Waals surface area (Å²) in [6.45, 7) is 2.28. The highest BCUT2D eigenvalue weighted by molar-refractivity contribution is 5.37. The van der Waals surface area contributed by atoms with Crippen molar-refractivity contribution in [2.24, 2.45) is 11.7 Å². The van der Waals surface area contributed by atoms with Crippen LogP contribution in [-0.2, 0) is 5.41 Å². The van der Waals surface area contributed by atoms with E-state index in [4.69, 9.17) is 5.73 Å². The number of hydrogen-bond acceptors (Lipinski definition) is 1. The second-order valence-corrected chi connectivity index (χ2v) is 6.39. The molecule has 1 aromatic rings. The molecule has 2 aliphatic carbocycles. The Hall–Kier alpha value is -0.820. The molecule has 1 heteroatoms. The maximum Gasteiger partial charge on any atom is 0.0284 e. The van der Waals surface area contributed by atoms with Gasteiger partial charge in [-0.15, -0.1) is 0 Å². The summed E-state index contributed by atoms with van der Waals surface area (Å²) in [7, 11) is 0. The van der Waals surface area contributed by atoms with E-state index in [1.165, 1.54) is 50.5 Å². The maximum absolute atomic E-state index is 6.85. The largest absolute Gasteiger partial charge is 0.324 e. The standard InChI is InChI=1S/C17H25N/c1-2-8-15-13-17(15,18)16(11-6-7-12-16)14-9-4-3-5-10-14/h3-5,9-10,15H,2,6-8,11-13,18H2,1H3. The monoisotopic (exact) mass is 243 g/mol. The highest BCUT2D eigenvalue weighted by Gasteiger charge is 2.64. The van der Waals surface area contributed by atoms with E-state index >= 15 is 0 Å². The van der Waals surface area contributed by atoms with Crippen LogP contribution in [0.15, 0.2) is 30.3 Å². The molecule has 2 aliphatic rings. The lowest BCUT2D eigenvalue weighted by Gasteiger charge is -2.37. The average Bonchev–Trinajstić information content (AvgIpc) is 2.87. The van der Waals surface area contributed by atoms with Gasteiger partial charge in [-0.05, 0) is 37.2 Å². The third-order valence-corrected chi connectivity index (χ3v) is 5.46. The summed E-state index contributed by atoms with van der Waals surface area (Å²) in [5.41, 5.74) is 8.74. The lowest BCUT2D eigenvalue weighted by molar-refractivity contribution is 0.305. The second-order valence-electron chi connectivity index (χ2n) is 6.39. The predicted octanol–water partition coefficient (Wildman–Crippen LogP) is 4.02. The fourth-order valence-electron chi connectivity index (χ4n) is 4.40. The molecular weight excluding hydrogens is 218 g/mol. The summed E-state index contributed by atoms with van der Waals surface area (Å²) in [6, 6.07) is 11.1. The van der Waals surface area contributed by atoms with Gasteiger partial charge in [0, 0.05) is 11.0 Å². The van der Waals surface area contributed by atoms with Gasteiger partial charge in [-0.1, -0.05) is 56.5 Å². The van der Waals surface area contributed by atoms with Crippen LogP contribution >= 0.6 is 0 Å². The quantitative estimate of drug-likeness (QED) is 0.849. The van der Waals surface area contributed by atoms with Gasteiger partial charge in [-0.25, -0.2) is 0 Å². The number of rotatable bonds is 4. The smallest absolute Gasteiger partial charge is 0.0284 e. The van der Waals surface area contributed by atoms with Crippen molar-refractivity contribution in [3.05, 3.63) is 35.9 Å². The molecule has 2 fully saturated rings. The molecule has 0 spiro atoms. The molecule has 3 rings (SSSR count). The summed E-state index contributed by atoms with van der Waals surface area (Å²) in [6.07, 6.45) is 9.14. The molecule has 0 amide bonds. The molecule has 2 N–H and O–H groups in total. The van der Waals surface area contributed by atoms with Crippen LogP contribution in [-0.4, -0.2) is 5.54 Å². The van der Waals surface area contributed by atoms with Gasteiger partial charge < -0.3 is 5.73 Å². The van der Waals surface area contributed by atoms with Crippen LogP contribution in [0.1, 0.15) is 57.4 Å². The highest BCUT2D eigenvalue weighted by atomic mass is 14.9. The van der Waals surface area contributed by atoms with E-state index in [1.807, 2.05) is 0 Å². The Kier molecular flexibility index (Phi) is 2.97. The van der Waals surface area contributed by atoms with Gasteiger partial charge in [0.2, 0.25) is 0 Å². The Bertz CT molecular complexity index is 405. The van der Waals surface area contributed by atoms with Gasteiger partial charge in [0.25, 0.3) is 0 Å². The molecule has 0 aromatic heterocycles. The first-order valence-corrected chi connectivity index (χ1v) is 7.57. The van der Waals surface area contributed by atoms with E-state index in [0.29, 0.717) is 0 Å². The van der Waals surface area contributed by atoms with Crippen LogP contribution in [0, 0.1) is 5.92 Å². The fraction of sp³-hybridized carbons (Fsp3) is 0.647. The first-order chi connectivity index (χ1) is 8.73. The van der Waals surface area contributed by atoms with Gasteiger partial charge in [-0.2, -0.15) is 0 Å². The van der Waals surface area contributed by atoms with Crippen LogP contribution < -0.4 is 5.73 Å². The van der Waals surface area contributed by atoms with Crippen molar-refractivity contribution in [1.29, 1.82) is 0 Å². The molecule has 1 nitrogen and oxygen atoms in total. The van der Waals surface area contributed by atoms with Crippen molar-refractivity contribution in [3.8, 4) is 0 Å². The van der Waals surface area contributed by atoms with E-state index < -0.39 is 0 Å². The van der Waals surface area contributed by atoms with Crippen LogP contribution in [0.2, 0.25) is 0 Å². The summed E-state index contributed by atoms with van der Waals surface area (Å²) in [5, 5.41) is 0. The maximum atomic E-state index is 6.85. The van der Waals surface area contributed by atoms with Crippen LogP contribution in [0.5, 0.6) is 0 Å². The van der Waals surface area contributed by atoms with E-state index in [1.54, 1.807) is 0 Å². The zero-order valence-electron chi connectivity index (χ0n) is 11.5. The molecule has 2 unspecified atom stereocenters. The van der Waals surface area contributed by atoms with Crippen molar-refractivity contribution in [1.82, 2.24) is 0 Å². The fourth-order valence-corrected chi connectivity index (χ4v) is 4.40. The van der Waals surface area contributed by atoms with Gasteiger partial charge in [0.05, 0.1) is 0 Å². The summed E-state index contributed by atoms with van der Waals surface area (Å²) in [4.78, 5) is 0. The van der Waals surface area contributed by atoms with Crippen molar-refractivity contribution in [3.63, 3.8) is 0 Å². The Morgan fingerprint density at radius 3 is 2.44 bits per heavy atom. The molecule has 18 heavy (non-hydrogen) atoms. The summed E-state index contributed by atoms with van der Waals surface area (Å²) < 4.78 is 0. The van der Waals surface area contributed by atoms with E-state index in [0.717, 1.165) is 5.92 Å². The third-order valence-electron chi connectivity index (χ3n) is 5.46.